The second kappa shape index (κ2) is 10.6. The Bertz CT molecular complexity index is 588. The number of esters is 1. The average molecular weight is 383 g/mol. The van der Waals surface area contributed by atoms with E-state index in [-0.39, 0.29) is 17.3 Å². The second-order valence-electron chi connectivity index (χ2n) is 7.01. The molecule has 1 aliphatic heterocycles. The molecular formula is C18H29N3O6. The summed E-state index contributed by atoms with van der Waals surface area (Å²) in [7, 11) is 3.07. The Balaban J connectivity index is 2.96. The fourth-order valence-corrected chi connectivity index (χ4v) is 2.43. The minimum atomic E-state index is -0.749. The van der Waals surface area contributed by atoms with Crippen LogP contribution >= 0.6 is 0 Å². The molecule has 9 nitrogen and oxygen atoms in total. The van der Waals surface area contributed by atoms with Gasteiger partial charge < -0.3 is 19.1 Å². The number of nitrogens with one attached hydrogen (secondary N) is 2. The number of carbonyl (C=O) groups excluding carboxylic acids is 3. The van der Waals surface area contributed by atoms with Crippen LogP contribution < -0.4 is 10.9 Å². The van der Waals surface area contributed by atoms with E-state index in [1.165, 1.54) is 7.11 Å². The van der Waals surface area contributed by atoms with E-state index < -0.39 is 17.7 Å². The molecule has 0 aromatic rings. The Morgan fingerprint density at radius 3 is 2.33 bits per heavy atom. The number of ether oxygens (including phenoxy) is 3. The molecule has 1 fully saturated rings. The molecule has 152 valence electrons. The molecule has 0 bridgehead atoms. The van der Waals surface area contributed by atoms with Crippen LogP contribution in [0, 0.1) is 0 Å². The molecule has 0 radical (unpaired) electrons. The highest BCUT2D eigenvalue weighted by molar-refractivity contribution is 5.94. The third-order valence-corrected chi connectivity index (χ3v) is 3.73. The SMILES string of the molecule is COC(=O)C(=C/N(C)C1CCOCC1)/C(=C\C=O)NNC(=O)OC(C)(C)C. The topological polar surface area (TPSA) is 106 Å². The Kier molecular flexibility index (Phi) is 8.80. The van der Waals surface area contributed by atoms with Gasteiger partial charge >= 0.3 is 12.1 Å². The highest BCUT2D eigenvalue weighted by Gasteiger charge is 2.22. The Labute approximate surface area is 159 Å². The third kappa shape index (κ3) is 8.12. The van der Waals surface area contributed by atoms with Crippen molar-refractivity contribution in [3.8, 4) is 0 Å². The van der Waals surface area contributed by atoms with Crippen LogP contribution in [0.25, 0.3) is 0 Å². The van der Waals surface area contributed by atoms with E-state index in [1.54, 1.807) is 27.0 Å². The van der Waals surface area contributed by atoms with Gasteiger partial charge in [0, 0.05) is 38.6 Å². The van der Waals surface area contributed by atoms with E-state index in [0.29, 0.717) is 19.5 Å². The van der Waals surface area contributed by atoms with E-state index in [2.05, 4.69) is 10.9 Å². The van der Waals surface area contributed by atoms with Crippen LogP contribution in [0.3, 0.4) is 0 Å². The lowest BCUT2D eigenvalue weighted by Crippen LogP contribution is -2.42. The number of hydrogen-bond donors (Lipinski definition) is 2. The quantitative estimate of drug-likeness (QED) is 0.223. The lowest BCUT2D eigenvalue weighted by Gasteiger charge is -2.31. The fourth-order valence-electron chi connectivity index (χ4n) is 2.43. The summed E-state index contributed by atoms with van der Waals surface area (Å²) >= 11 is 0. The van der Waals surface area contributed by atoms with Crippen molar-refractivity contribution < 1.29 is 28.6 Å². The van der Waals surface area contributed by atoms with Gasteiger partial charge in [0.25, 0.3) is 0 Å². The standard InChI is InChI=1S/C18H29N3O6/c1-18(2,3)27-17(24)20-19-15(6-9-22)14(16(23)25-5)12-21(4)13-7-10-26-11-8-13/h6,9,12-13,19H,7-8,10-11H2,1-5H3,(H,20,24)/b14-12+,15-6+. The van der Waals surface area contributed by atoms with Gasteiger partial charge in [0.1, 0.15) is 17.5 Å². The first-order chi connectivity index (χ1) is 12.7. The maximum atomic E-state index is 12.2. The molecular weight excluding hydrogens is 354 g/mol. The summed E-state index contributed by atoms with van der Waals surface area (Å²) in [5.41, 5.74) is 4.35. The molecule has 1 saturated heterocycles. The molecule has 1 amide bonds. The number of allylic oxidation sites excluding steroid dienone is 1. The smallest absolute Gasteiger partial charge is 0.426 e. The minimum Gasteiger partial charge on any atom is -0.465 e. The number of aldehydes is 1. The number of carbonyl (C=O) groups is 3. The predicted molar refractivity (Wildman–Crippen MR) is 98.4 cm³/mol. The molecule has 0 aliphatic carbocycles. The first kappa shape index (κ1) is 22.5. The molecule has 0 aromatic carbocycles. The predicted octanol–water partition coefficient (Wildman–Crippen LogP) is 1.27. The fraction of sp³-hybridized carbons (Fsp3) is 0.611. The molecule has 0 spiro atoms. The summed E-state index contributed by atoms with van der Waals surface area (Å²) in [6.07, 6.45) is 4.10. The van der Waals surface area contributed by atoms with Gasteiger partial charge in [-0.25, -0.2) is 15.0 Å². The molecule has 1 rings (SSSR count). The number of nitrogens with zero attached hydrogens (tertiary/aromatic N) is 1. The van der Waals surface area contributed by atoms with Crippen molar-refractivity contribution in [2.24, 2.45) is 0 Å². The van der Waals surface area contributed by atoms with Crippen molar-refractivity contribution in [2.75, 3.05) is 27.4 Å². The van der Waals surface area contributed by atoms with Gasteiger partial charge in [-0.1, -0.05) is 0 Å². The molecule has 1 heterocycles. The number of rotatable bonds is 7. The van der Waals surface area contributed by atoms with Crippen molar-refractivity contribution in [1.29, 1.82) is 0 Å². The normalized spacial score (nSPS) is 16.3. The Morgan fingerprint density at radius 1 is 1.19 bits per heavy atom. The molecule has 9 heteroatoms. The van der Waals surface area contributed by atoms with Crippen molar-refractivity contribution in [3.63, 3.8) is 0 Å². The third-order valence-electron chi connectivity index (χ3n) is 3.73. The molecule has 0 aromatic heterocycles. The highest BCUT2D eigenvalue weighted by atomic mass is 16.6. The number of hydrogen-bond acceptors (Lipinski definition) is 8. The van der Waals surface area contributed by atoms with E-state index >= 15 is 0 Å². The van der Waals surface area contributed by atoms with Gasteiger partial charge in [-0.15, -0.1) is 0 Å². The maximum absolute atomic E-state index is 12.2. The van der Waals surface area contributed by atoms with E-state index in [0.717, 1.165) is 18.9 Å². The first-order valence-electron chi connectivity index (χ1n) is 8.68. The van der Waals surface area contributed by atoms with Crippen LogP contribution in [0.2, 0.25) is 0 Å². The molecule has 2 N–H and O–H groups in total. The number of amides is 1. The van der Waals surface area contributed by atoms with Gasteiger partial charge in [0.15, 0.2) is 0 Å². The first-order valence-corrected chi connectivity index (χ1v) is 8.68. The zero-order chi connectivity index (χ0) is 20.4. The van der Waals surface area contributed by atoms with Crippen LogP contribution in [0.15, 0.2) is 23.5 Å². The molecule has 0 atom stereocenters. The van der Waals surface area contributed by atoms with Crippen LogP contribution in [0.1, 0.15) is 33.6 Å². The molecule has 27 heavy (non-hydrogen) atoms. The van der Waals surface area contributed by atoms with Crippen LogP contribution in [0.5, 0.6) is 0 Å². The van der Waals surface area contributed by atoms with Gasteiger partial charge in [0.05, 0.1) is 12.8 Å². The lowest BCUT2D eigenvalue weighted by atomic mass is 10.1. The van der Waals surface area contributed by atoms with Gasteiger partial charge in [0.2, 0.25) is 0 Å². The molecule has 1 aliphatic rings. The summed E-state index contributed by atoms with van der Waals surface area (Å²) in [4.78, 5) is 37.0. The highest BCUT2D eigenvalue weighted by Crippen LogP contribution is 2.17. The maximum Gasteiger partial charge on any atom is 0.426 e. The monoisotopic (exact) mass is 383 g/mol. The van der Waals surface area contributed by atoms with Crippen molar-refractivity contribution in [3.05, 3.63) is 23.5 Å². The van der Waals surface area contributed by atoms with Crippen molar-refractivity contribution >= 4 is 18.3 Å². The summed E-state index contributed by atoms with van der Waals surface area (Å²) < 4.78 is 15.3. The van der Waals surface area contributed by atoms with Crippen LogP contribution in [-0.4, -0.2) is 62.3 Å². The van der Waals surface area contributed by atoms with Gasteiger partial charge in [-0.05, 0) is 33.6 Å². The van der Waals surface area contributed by atoms with Crippen LogP contribution in [-0.2, 0) is 23.8 Å². The lowest BCUT2D eigenvalue weighted by molar-refractivity contribution is -0.136. The van der Waals surface area contributed by atoms with E-state index in [1.807, 2.05) is 11.9 Å². The average Bonchev–Trinajstić information content (AvgIpc) is 2.62. The number of hydrazine groups is 1. The summed E-state index contributed by atoms with van der Waals surface area (Å²) in [5.74, 6) is -0.652. The minimum absolute atomic E-state index is 0.0848. The van der Waals surface area contributed by atoms with Gasteiger partial charge in [-0.3, -0.25) is 10.2 Å². The largest absolute Gasteiger partial charge is 0.465 e. The summed E-state index contributed by atoms with van der Waals surface area (Å²) in [6, 6.07) is 0.190. The van der Waals surface area contributed by atoms with E-state index in [4.69, 9.17) is 14.2 Å². The van der Waals surface area contributed by atoms with Crippen molar-refractivity contribution in [2.45, 2.75) is 45.3 Å². The molecule has 0 saturated carbocycles. The van der Waals surface area contributed by atoms with Crippen molar-refractivity contribution in [1.82, 2.24) is 15.8 Å². The zero-order valence-electron chi connectivity index (χ0n) is 16.5. The van der Waals surface area contributed by atoms with E-state index in [9.17, 15) is 14.4 Å². The Hall–Kier alpha value is -2.55. The summed E-state index contributed by atoms with van der Waals surface area (Å²) in [5, 5.41) is 0. The Morgan fingerprint density at radius 2 is 1.81 bits per heavy atom. The number of methoxy groups -OCH3 is 1. The second-order valence-corrected chi connectivity index (χ2v) is 7.01. The van der Waals surface area contributed by atoms with Crippen LogP contribution in [0.4, 0.5) is 4.79 Å². The van der Waals surface area contributed by atoms with Gasteiger partial charge in [-0.2, -0.15) is 0 Å². The molecule has 0 unspecified atom stereocenters. The zero-order valence-corrected chi connectivity index (χ0v) is 16.5. The summed E-state index contributed by atoms with van der Waals surface area (Å²) in [6.45, 7) is 6.45.